The van der Waals surface area contributed by atoms with Gasteiger partial charge in [0, 0.05) is 18.2 Å². The van der Waals surface area contributed by atoms with E-state index in [0.29, 0.717) is 5.56 Å². The number of pyridine rings is 2. The van der Waals surface area contributed by atoms with Gasteiger partial charge in [0.2, 0.25) is 5.60 Å². The lowest BCUT2D eigenvalue weighted by Gasteiger charge is -2.34. The highest BCUT2D eigenvalue weighted by molar-refractivity contribution is 6.00. The molecule has 39 heavy (non-hydrogen) atoms. The van der Waals surface area contributed by atoms with E-state index in [1.807, 2.05) is 30.3 Å². The summed E-state index contributed by atoms with van der Waals surface area (Å²) in [6.07, 6.45) is 1.70. The van der Waals surface area contributed by atoms with Crippen LogP contribution >= 0.6 is 0 Å². The minimum Gasteiger partial charge on any atom is -0.485 e. The average Bonchev–Trinajstić information content (AvgIpc) is 2.92. The topological polar surface area (TPSA) is 117 Å². The maximum atomic E-state index is 13.8. The van der Waals surface area contributed by atoms with Crippen LogP contribution in [0.2, 0.25) is 0 Å². The molecule has 0 aliphatic carbocycles. The Hall–Kier alpha value is -4.73. The van der Waals surface area contributed by atoms with Crippen LogP contribution in [0.4, 0.5) is 4.39 Å². The van der Waals surface area contributed by atoms with Gasteiger partial charge in [-0.05, 0) is 37.1 Å². The molecule has 1 unspecified atom stereocenters. The fraction of sp³-hybridized carbons (Fsp3) is 0.241. The molecule has 0 spiro atoms. The minimum atomic E-state index is -1.82. The van der Waals surface area contributed by atoms with Gasteiger partial charge in [0.1, 0.15) is 23.5 Å². The van der Waals surface area contributed by atoms with Gasteiger partial charge in [-0.2, -0.15) is 0 Å². The van der Waals surface area contributed by atoms with Crippen LogP contribution in [-0.2, 0) is 29.1 Å². The van der Waals surface area contributed by atoms with Gasteiger partial charge in [-0.15, -0.1) is 0 Å². The quantitative estimate of drug-likeness (QED) is 0.337. The molecule has 9 nitrogen and oxygen atoms in total. The van der Waals surface area contributed by atoms with Crippen molar-refractivity contribution in [1.29, 1.82) is 0 Å². The van der Waals surface area contributed by atoms with Crippen molar-refractivity contribution in [2.75, 3.05) is 6.61 Å². The van der Waals surface area contributed by atoms with Gasteiger partial charge < -0.3 is 19.3 Å². The van der Waals surface area contributed by atoms with Crippen molar-refractivity contribution in [2.45, 2.75) is 39.0 Å². The fourth-order valence-corrected chi connectivity index (χ4v) is 4.53. The minimum absolute atomic E-state index is 0.0136. The first-order chi connectivity index (χ1) is 18.7. The number of hydrogen-bond donors (Lipinski definition) is 1. The Kier molecular flexibility index (Phi) is 6.78. The Balaban J connectivity index is 1.75. The van der Waals surface area contributed by atoms with Crippen molar-refractivity contribution in [3.05, 3.63) is 99.2 Å². The number of carbonyl (C=O) groups excluding carboxylic acids is 1. The summed E-state index contributed by atoms with van der Waals surface area (Å²) in [7, 11) is 0. The maximum Gasteiger partial charge on any atom is 0.349 e. The number of carboxylic acid groups (broad SMARTS) is 1. The molecule has 0 saturated heterocycles. The molecule has 1 N–H and O–H groups in total. The van der Waals surface area contributed by atoms with Crippen LogP contribution < -0.4 is 15.0 Å². The molecule has 0 saturated carbocycles. The van der Waals surface area contributed by atoms with E-state index in [-0.39, 0.29) is 54.3 Å². The molecule has 1 aliphatic rings. The number of rotatable bonds is 8. The van der Waals surface area contributed by atoms with E-state index in [1.54, 1.807) is 19.1 Å². The molecule has 0 amide bonds. The number of ether oxygens (including phenoxy) is 3. The van der Waals surface area contributed by atoms with Gasteiger partial charge in [0.15, 0.2) is 17.1 Å². The van der Waals surface area contributed by atoms with Crippen LogP contribution in [0.5, 0.6) is 11.5 Å². The number of hydrogen-bond acceptors (Lipinski definition) is 7. The molecule has 5 rings (SSSR count). The Morgan fingerprint density at radius 2 is 1.85 bits per heavy atom. The van der Waals surface area contributed by atoms with Crippen LogP contribution in [-0.4, -0.2) is 38.8 Å². The fourth-order valence-electron chi connectivity index (χ4n) is 4.53. The summed E-state index contributed by atoms with van der Waals surface area (Å²) >= 11 is 0. The molecule has 0 bridgehead atoms. The largest absolute Gasteiger partial charge is 0.485 e. The highest BCUT2D eigenvalue weighted by Gasteiger charge is 2.43. The number of aliphatic carboxylic acids is 1. The molecule has 1 aliphatic heterocycles. The number of nitrogens with zero attached hydrogens (tertiary/aromatic N) is 2. The summed E-state index contributed by atoms with van der Waals surface area (Å²) in [6.45, 7) is 2.63. The van der Waals surface area contributed by atoms with E-state index in [1.165, 1.54) is 29.8 Å². The highest BCUT2D eigenvalue weighted by Crippen LogP contribution is 2.41. The summed E-state index contributed by atoms with van der Waals surface area (Å²) in [5, 5.41) is 9.99. The summed E-state index contributed by atoms with van der Waals surface area (Å²) in [5.74, 6) is -2.55. The molecule has 2 aromatic heterocycles. The van der Waals surface area contributed by atoms with E-state index in [4.69, 9.17) is 14.2 Å². The van der Waals surface area contributed by atoms with E-state index < -0.39 is 28.9 Å². The zero-order valence-corrected chi connectivity index (χ0v) is 21.3. The third-order valence-electron chi connectivity index (χ3n) is 6.50. The summed E-state index contributed by atoms with van der Waals surface area (Å²) in [5.41, 5.74) is -0.625. The number of esters is 1. The van der Waals surface area contributed by atoms with Gasteiger partial charge in [-0.25, -0.2) is 14.0 Å². The van der Waals surface area contributed by atoms with E-state index >= 15 is 0 Å². The first-order valence-corrected chi connectivity index (χ1v) is 12.3. The molecule has 0 fully saturated rings. The highest BCUT2D eigenvalue weighted by atomic mass is 19.1. The molecule has 200 valence electrons. The number of aromatic nitrogens is 2. The summed E-state index contributed by atoms with van der Waals surface area (Å²) < 4.78 is 31.9. The van der Waals surface area contributed by atoms with Crippen LogP contribution in [0.3, 0.4) is 0 Å². The Morgan fingerprint density at radius 1 is 1.13 bits per heavy atom. The average molecular weight is 533 g/mol. The summed E-state index contributed by atoms with van der Waals surface area (Å²) in [4.78, 5) is 43.7. The number of benzene rings is 2. The van der Waals surface area contributed by atoms with Gasteiger partial charge in [0.05, 0.1) is 13.2 Å². The van der Waals surface area contributed by atoms with E-state index in [2.05, 4.69) is 4.98 Å². The van der Waals surface area contributed by atoms with Gasteiger partial charge in [0.25, 0.3) is 5.56 Å². The third-order valence-corrected chi connectivity index (χ3v) is 6.50. The van der Waals surface area contributed by atoms with Crippen molar-refractivity contribution < 1.29 is 33.3 Å². The molecule has 3 heterocycles. The first-order valence-electron chi connectivity index (χ1n) is 12.3. The van der Waals surface area contributed by atoms with Crippen LogP contribution in [0.1, 0.15) is 40.9 Å². The van der Waals surface area contributed by atoms with Gasteiger partial charge in [-0.1, -0.05) is 42.5 Å². The molecule has 0 radical (unpaired) electrons. The standard InChI is InChI=1S/C29H25FN2O7/c1-3-37-27(34)21-25(38-15-18-7-5-4-6-8-18)22-23-24(39-29(2,28(35)36)16-32(23)26(21)33)19(14-31-22)13-17-9-11-20(30)12-10-17/h4-12,14H,3,13,15-16H2,1-2H3,(H,35,36). The van der Waals surface area contributed by atoms with Crippen LogP contribution in [0, 0.1) is 5.82 Å². The molecule has 10 heteroatoms. The lowest BCUT2D eigenvalue weighted by Crippen LogP contribution is -2.50. The van der Waals surface area contributed by atoms with Crippen molar-refractivity contribution >= 4 is 23.0 Å². The Morgan fingerprint density at radius 3 is 2.51 bits per heavy atom. The summed E-state index contributed by atoms with van der Waals surface area (Å²) in [6, 6.07) is 15.0. The first kappa shape index (κ1) is 25.9. The second-order valence-corrected chi connectivity index (χ2v) is 9.34. The zero-order chi connectivity index (χ0) is 27.7. The molecular formula is C29H25FN2O7. The predicted molar refractivity (Wildman–Crippen MR) is 139 cm³/mol. The normalized spacial score (nSPS) is 16.0. The molecule has 4 aromatic rings. The van der Waals surface area contributed by atoms with Crippen LogP contribution in [0.15, 0.2) is 65.6 Å². The predicted octanol–water partition coefficient (Wildman–Crippen LogP) is 4.12. The maximum absolute atomic E-state index is 13.8. The second kappa shape index (κ2) is 10.2. The SMILES string of the molecule is CCOC(=O)c1c(OCc2ccccc2)c2ncc(Cc3ccc(F)cc3)c3c2n(c1=O)CC(C)(C(=O)O)O3. The van der Waals surface area contributed by atoms with Gasteiger partial charge in [-0.3, -0.25) is 14.3 Å². The number of halogens is 1. The van der Waals surface area contributed by atoms with Crippen molar-refractivity contribution in [2.24, 2.45) is 0 Å². The van der Waals surface area contributed by atoms with E-state index in [9.17, 15) is 23.9 Å². The van der Waals surface area contributed by atoms with Crippen molar-refractivity contribution in [1.82, 2.24) is 9.55 Å². The molecular weight excluding hydrogens is 507 g/mol. The monoisotopic (exact) mass is 532 g/mol. The lowest BCUT2D eigenvalue weighted by molar-refractivity contribution is -0.155. The molecule has 2 aromatic carbocycles. The third kappa shape index (κ3) is 4.81. The lowest BCUT2D eigenvalue weighted by atomic mass is 9.99. The molecule has 1 atom stereocenters. The Labute approximate surface area is 222 Å². The van der Waals surface area contributed by atoms with Crippen molar-refractivity contribution in [3.63, 3.8) is 0 Å². The number of carbonyl (C=O) groups is 2. The Bertz CT molecular complexity index is 1630. The van der Waals surface area contributed by atoms with Gasteiger partial charge >= 0.3 is 11.9 Å². The zero-order valence-electron chi connectivity index (χ0n) is 21.3. The van der Waals surface area contributed by atoms with Crippen molar-refractivity contribution in [3.8, 4) is 11.5 Å². The second-order valence-electron chi connectivity index (χ2n) is 9.34. The smallest absolute Gasteiger partial charge is 0.349 e. The van der Waals surface area contributed by atoms with Crippen LogP contribution in [0.25, 0.3) is 11.0 Å². The number of carboxylic acids is 1. The van der Waals surface area contributed by atoms with E-state index in [0.717, 1.165) is 11.1 Å².